The summed E-state index contributed by atoms with van der Waals surface area (Å²) >= 11 is 2.05. The van der Waals surface area contributed by atoms with E-state index in [4.69, 9.17) is 4.98 Å². The predicted octanol–water partition coefficient (Wildman–Crippen LogP) is 1.80. The normalized spacial score (nSPS) is 30.1. The third kappa shape index (κ3) is 2.00. The molecule has 0 spiro atoms. The first-order valence-electron chi connectivity index (χ1n) is 6.14. The van der Waals surface area contributed by atoms with Crippen LogP contribution in [0.25, 0.3) is 0 Å². The molecule has 0 aromatic carbocycles. The average molecular weight is 238 g/mol. The Balaban J connectivity index is 1.80. The number of aliphatic hydroxyl groups is 1. The molecule has 2 atom stereocenters. The Bertz CT molecular complexity index is 371. The number of aryl methyl sites for hydroxylation is 1. The fourth-order valence-electron chi connectivity index (χ4n) is 2.62. The van der Waals surface area contributed by atoms with Crippen molar-refractivity contribution in [3.05, 3.63) is 17.7 Å². The molecule has 2 aliphatic heterocycles. The zero-order valence-corrected chi connectivity index (χ0v) is 10.2. The number of aliphatic hydroxyl groups excluding tert-OH is 1. The van der Waals surface area contributed by atoms with Gasteiger partial charge in [0.2, 0.25) is 0 Å². The summed E-state index contributed by atoms with van der Waals surface area (Å²) in [4.78, 5) is 4.75. The molecule has 2 aliphatic rings. The maximum atomic E-state index is 9.62. The molecular formula is C12H18N2OS. The van der Waals surface area contributed by atoms with Crippen LogP contribution in [0.5, 0.6) is 0 Å². The van der Waals surface area contributed by atoms with Crippen LogP contribution in [0.1, 0.15) is 36.7 Å². The van der Waals surface area contributed by atoms with Gasteiger partial charge in [-0.3, -0.25) is 0 Å². The van der Waals surface area contributed by atoms with E-state index < -0.39 is 0 Å². The number of hydrogen-bond donors (Lipinski definition) is 1. The summed E-state index contributed by atoms with van der Waals surface area (Å²) in [6.45, 7) is 0.738. The van der Waals surface area contributed by atoms with Gasteiger partial charge in [-0.05, 0) is 25.0 Å². The number of nitrogens with zero attached hydrogens (tertiary/aromatic N) is 2. The van der Waals surface area contributed by atoms with Crippen molar-refractivity contribution in [2.75, 3.05) is 11.5 Å². The first-order chi connectivity index (χ1) is 7.83. The summed E-state index contributed by atoms with van der Waals surface area (Å²) < 4.78 is 2.16. The van der Waals surface area contributed by atoms with E-state index in [0.29, 0.717) is 5.92 Å². The van der Waals surface area contributed by atoms with Crippen LogP contribution < -0.4 is 0 Å². The maximum Gasteiger partial charge on any atom is 0.109 e. The van der Waals surface area contributed by atoms with Crippen molar-refractivity contribution >= 4 is 11.8 Å². The highest BCUT2D eigenvalue weighted by Crippen LogP contribution is 2.31. The van der Waals surface area contributed by atoms with Crippen LogP contribution in [0.3, 0.4) is 0 Å². The van der Waals surface area contributed by atoms with Crippen molar-refractivity contribution < 1.29 is 5.11 Å². The molecule has 16 heavy (non-hydrogen) atoms. The van der Waals surface area contributed by atoms with E-state index in [1.54, 1.807) is 0 Å². The maximum absolute atomic E-state index is 9.62. The fraction of sp³-hybridized carbons (Fsp3) is 0.750. The molecule has 0 saturated carbocycles. The molecule has 0 aliphatic carbocycles. The van der Waals surface area contributed by atoms with Gasteiger partial charge in [0, 0.05) is 30.8 Å². The highest BCUT2D eigenvalue weighted by Gasteiger charge is 2.23. The summed E-state index contributed by atoms with van der Waals surface area (Å²) in [6.07, 6.45) is 6.41. The van der Waals surface area contributed by atoms with Crippen LogP contribution >= 0.6 is 11.8 Å². The van der Waals surface area contributed by atoms with Gasteiger partial charge >= 0.3 is 0 Å². The van der Waals surface area contributed by atoms with Gasteiger partial charge in [-0.25, -0.2) is 4.98 Å². The third-order valence-electron chi connectivity index (χ3n) is 3.56. The minimum absolute atomic E-state index is 0.171. The molecule has 1 fully saturated rings. The summed E-state index contributed by atoms with van der Waals surface area (Å²) in [7, 11) is 0. The van der Waals surface area contributed by atoms with Gasteiger partial charge in [-0.15, -0.1) is 0 Å². The van der Waals surface area contributed by atoms with E-state index in [0.717, 1.165) is 19.4 Å². The SMILES string of the molecule is OC1CCc2nc(C3CCCSC3)cn2C1. The van der Waals surface area contributed by atoms with Gasteiger partial charge in [0.1, 0.15) is 5.82 Å². The van der Waals surface area contributed by atoms with E-state index in [1.165, 1.54) is 35.9 Å². The van der Waals surface area contributed by atoms with Gasteiger partial charge in [0.15, 0.2) is 0 Å². The summed E-state index contributed by atoms with van der Waals surface area (Å²) in [5, 5.41) is 9.62. The van der Waals surface area contributed by atoms with E-state index in [1.807, 2.05) is 11.8 Å². The van der Waals surface area contributed by atoms with E-state index in [2.05, 4.69) is 10.8 Å². The number of thioether (sulfide) groups is 1. The van der Waals surface area contributed by atoms with Crippen molar-refractivity contribution in [3.63, 3.8) is 0 Å². The number of fused-ring (bicyclic) bond motifs is 1. The van der Waals surface area contributed by atoms with Crippen molar-refractivity contribution in [1.82, 2.24) is 9.55 Å². The van der Waals surface area contributed by atoms with Crippen LogP contribution in [0.15, 0.2) is 6.20 Å². The van der Waals surface area contributed by atoms with Crippen LogP contribution in [0.4, 0.5) is 0 Å². The van der Waals surface area contributed by atoms with Gasteiger partial charge in [-0.1, -0.05) is 0 Å². The summed E-state index contributed by atoms with van der Waals surface area (Å²) in [6, 6.07) is 0. The van der Waals surface area contributed by atoms with Gasteiger partial charge < -0.3 is 9.67 Å². The van der Waals surface area contributed by atoms with Crippen LogP contribution in [0, 0.1) is 0 Å². The standard InChI is InChI=1S/C12H18N2OS/c15-10-3-4-12-13-11(7-14(12)6-10)9-2-1-5-16-8-9/h7,9-10,15H,1-6,8H2. The molecule has 1 aromatic heterocycles. The lowest BCUT2D eigenvalue weighted by molar-refractivity contribution is 0.130. The predicted molar refractivity (Wildman–Crippen MR) is 65.9 cm³/mol. The quantitative estimate of drug-likeness (QED) is 0.811. The number of rotatable bonds is 1. The van der Waals surface area contributed by atoms with Crippen molar-refractivity contribution in [2.24, 2.45) is 0 Å². The molecule has 3 nitrogen and oxygen atoms in total. The number of aromatic nitrogens is 2. The summed E-state index contributed by atoms with van der Waals surface area (Å²) in [5.41, 5.74) is 1.26. The number of hydrogen-bond acceptors (Lipinski definition) is 3. The van der Waals surface area contributed by atoms with Gasteiger partial charge in [0.05, 0.1) is 11.8 Å². The molecule has 2 unspecified atom stereocenters. The zero-order chi connectivity index (χ0) is 11.0. The second-order valence-corrected chi connectivity index (χ2v) is 5.99. The number of imidazole rings is 1. The minimum atomic E-state index is -0.171. The smallest absolute Gasteiger partial charge is 0.109 e. The Labute approximate surface area is 100 Å². The zero-order valence-electron chi connectivity index (χ0n) is 9.43. The van der Waals surface area contributed by atoms with Crippen molar-refractivity contribution in [1.29, 1.82) is 0 Å². The van der Waals surface area contributed by atoms with Crippen molar-refractivity contribution in [3.8, 4) is 0 Å². The molecule has 4 heteroatoms. The lowest BCUT2D eigenvalue weighted by Gasteiger charge is -2.19. The second kappa shape index (κ2) is 4.41. The van der Waals surface area contributed by atoms with Crippen molar-refractivity contribution in [2.45, 2.75) is 44.2 Å². The van der Waals surface area contributed by atoms with Crippen LogP contribution in [-0.2, 0) is 13.0 Å². The largest absolute Gasteiger partial charge is 0.391 e. The third-order valence-corrected chi connectivity index (χ3v) is 4.78. The van der Waals surface area contributed by atoms with E-state index in [9.17, 15) is 5.11 Å². The van der Waals surface area contributed by atoms with E-state index in [-0.39, 0.29) is 6.10 Å². The Morgan fingerprint density at radius 3 is 3.19 bits per heavy atom. The molecule has 3 heterocycles. The molecule has 3 rings (SSSR count). The minimum Gasteiger partial charge on any atom is -0.391 e. The fourth-order valence-corrected chi connectivity index (χ4v) is 3.78. The van der Waals surface area contributed by atoms with E-state index >= 15 is 0 Å². The molecular weight excluding hydrogens is 220 g/mol. The lowest BCUT2D eigenvalue weighted by atomic mass is 10.0. The molecule has 0 bridgehead atoms. The molecule has 1 N–H and O–H groups in total. The Morgan fingerprint density at radius 1 is 1.44 bits per heavy atom. The van der Waals surface area contributed by atoms with Crippen LogP contribution in [0.2, 0.25) is 0 Å². The lowest BCUT2D eigenvalue weighted by Crippen LogP contribution is -2.23. The molecule has 1 aromatic rings. The van der Waals surface area contributed by atoms with Crippen LogP contribution in [-0.4, -0.2) is 32.3 Å². The Morgan fingerprint density at radius 2 is 2.38 bits per heavy atom. The molecule has 1 saturated heterocycles. The first-order valence-corrected chi connectivity index (χ1v) is 7.30. The van der Waals surface area contributed by atoms with Gasteiger partial charge in [0.25, 0.3) is 0 Å². The Hall–Kier alpha value is -0.480. The molecule has 88 valence electrons. The highest BCUT2D eigenvalue weighted by molar-refractivity contribution is 7.99. The second-order valence-electron chi connectivity index (χ2n) is 4.84. The average Bonchev–Trinajstić information content (AvgIpc) is 2.73. The highest BCUT2D eigenvalue weighted by atomic mass is 32.2. The summed E-state index contributed by atoms with van der Waals surface area (Å²) in [5.74, 6) is 4.35. The van der Waals surface area contributed by atoms with Gasteiger partial charge in [-0.2, -0.15) is 11.8 Å². The monoisotopic (exact) mass is 238 g/mol. The Kier molecular flexibility index (Phi) is 2.94. The first kappa shape index (κ1) is 10.7. The topological polar surface area (TPSA) is 38.1 Å². The molecule has 0 amide bonds. The molecule has 0 radical (unpaired) electrons.